The Hall–Kier alpha value is -3.29. The summed E-state index contributed by atoms with van der Waals surface area (Å²) in [5, 5.41) is 0. The topological polar surface area (TPSA) is 4.36 Å². The highest BCUT2D eigenvalue weighted by atomic mass is 14.6. The molecule has 1 aliphatic carbocycles. The van der Waals surface area contributed by atoms with Crippen LogP contribution in [0, 0.1) is 17.9 Å². The van der Waals surface area contributed by atoms with Crippen LogP contribution < -0.4 is 0 Å². The summed E-state index contributed by atoms with van der Waals surface area (Å²) in [6.45, 7) is 1.89. The molecule has 0 amide bonds. The van der Waals surface area contributed by atoms with Crippen LogP contribution in [0.2, 0.25) is 0 Å². The van der Waals surface area contributed by atoms with Crippen molar-refractivity contribution in [2.75, 3.05) is 7.05 Å². The van der Waals surface area contributed by atoms with E-state index in [2.05, 4.69) is 89.5 Å². The zero-order valence-electron chi connectivity index (χ0n) is 17.9. The van der Waals surface area contributed by atoms with Crippen LogP contribution in [0.1, 0.15) is 61.6 Å². The Morgan fingerprint density at radius 2 is 1.37 bits per heavy atom. The Morgan fingerprint density at radius 1 is 0.733 bits per heavy atom. The van der Waals surface area contributed by atoms with Crippen LogP contribution in [0.4, 0.5) is 0 Å². The van der Waals surface area contributed by atoms with Crippen LogP contribution in [0.25, 0.3) is 27.1 Å². The van der Waals surface area contributed by atoms with E-state index >= 15 is 0 Å². The van der Waals surface area contributed by atoms with E-state index in [9.17, 15) is 0 Å². The normalized spacial score (nSPS) is 13.7. The Kier molecular flexibility index (Phi) is 6.32. The van der Waals surface area contributed by atoms with Gasteiger partial charge in [-0.25, -0.2) is 0 Å². The maximum atomic E-state index is 4.06. The molecule has 0 atom stereocenters. The van der Waals surface area contributed by atoms with Crippen LogP contribution in [0.5, 0.6) is 0 Å². The van der Waals surface area contributed by atoms with E-state index < -0.39 is 0 Å². The van der Waals surface area contributed by atoms with Crippen molar-refractivity contribution in [1.82, 2.24) is 0 Å². The predicted molar refractivity (Wildman–Crippen MR) is 128 cm³/mol. The van der Waals surface area contributed by atoms with Crippen molar-refractivity contribution in [3.8, 4) is 40.2 Å². The van der Waals surface area contributed by atoms with E-state index in [1.54, 1.807) is 7.05 Å². The fourth-order valence-electron chi connectivity index (χ4n) is 4.47. The second-order valence-corrected chi connectivity index (χ2v) is 8.05. The second kappa shape index (κ2) is 9.47. The smallest absolute Gasteiger partial charge is 0.101 e. The predicted octanol–water partition coefficient (Wildman–Crippen LogP) is 7.75. The van der Waals surface area contributed by atoms with Crippen molar-refractivity contribution in [3.05, 3.63) is 88.3 Å². The van der Waals surface area contributed by atoms with Gasteiger partial charge in [0.2, 0.25) is 0 Å². The molecule has 0 N–H and O–H groups in total. The van der Waals surface area contributed by atoms with E-state index in [0.29, 0.717) is 5.92 Å². The summed E-state index contributed by atoms with van der Waals surface area (Å²) in [6, 6.07) is 27.3. The summed E-state index contributed by atoms with van der Waals surface area (Å²) in [5.41, 5.74) is 8.52. The summed E-state index contributed by atoms with van der Waals surface area (Å²) < 4.78 is 0. The molecule has 0 unspecified atom stereocenters. The van der Waals surface area contributed by atoms with Gasteiger partial charge in [-0.2, -0.15) is 0 Å². The maximum absolute atomic E-state index is 4.06. The first-order valence-electron chi connectivity index (χ1n) is 10.9. The van der Waals surface area contributed by atoms with Crippen LogP contribution in [0.15, 0.2) is 66.7 Å². The number of nitrogens with zero attached hydrogens (tertiary/aromatic N) is 1. The van der Waals surface area contributed by atoms with Crippen LogP contribution >= 0.6 is 0 Å². The van der Waals surface area contributed by atoms with Gasteiger partial charge in [-0.05, 0) is 83.8 Å². The molecule has 0 radical (unpaired) electrons. The zero-order valence-corrected chi connectivity index (χ0v) is 17.9. The standard InChI is InChI=1S/C29H28N/c1-3-9-22-10-7-14-25(16-22)28-18-27(24-12-5-4-6-13-24)19-29(20-28)26-15-8-11-23(17-26)21-30-2/h7-8,10-11,14-20,24H,4-6,12-13H2,1-2H3/q+1. The van der Waals surface area contributed by atoms with Crippen molar-refractivity contribution in [2.45, 2.75) is 44.9 Å². The molecule has 0 saturated heterocycles. The van der Waals surface area contributed by atoms with Crippen molar-refractivity contribution < 1.29 is 0 Å². The van der Waals surface area contributed by atoms with E-state index in [1.165, 1.54) is 59.9 Å². The van der Waals surface area contributed by atoms with E-state index in [1.807, 2.05) is 6.92 Å². The summed E-state index contributed by atoms with van der Waals surface area (Å²) in [5.74, 6) is 6.87. The Labute approximate surface area is 180 Å². The average Bonchev–Trinajstić information content (AvgIpc) is 2.80. The number of rotatable bonds is 3. The first-order chi connectivity index (χ1) is 14.8. The SMILES string of the molecule is CC#Cc1cccc(-c2cc(-c3cccc(C#[N+]C)c3)cc(C3CCCCC3)c2)c1. The molecule has 0 aromatic heterocycles. The highest BCUT2D eigenvalue weighted by molar-refractivity contribution is 5.75. The third-order valence-electron chi connectivity index (χ3n) is 5.93. The van der Waals surface area contributed by atoms with E-state index in [0.717, 1.165) is 11.1 Å². The zero-order chi connectivity index (χ0) is 20.8. The summed E-state index contributed by atoms with van der Waals surface area (Å²) in [7, 11) is 1.76. The molecule has 30 heavy (non-hydrogen) atoms. The molecule has 1 aliphatic rings. The molecular formula is C29H28N+. The van der Waals surface area contributed by atoms with Crippen molar-refractivity contribution >= 4 is 0 Å². The third-order valence-corrected chi connectivity index (χ3v) is 5.93. The van der Waals surface area contributed by atoms with Crippen LogP contribution in [-0.2, 0) is 0 Å². The van der Waals surface area contributed by atoms with Gasteiger partial charge in [0, 0.05) is 5.56 Å². The number of benzene rings is 3. The van der Waals surface area contributed by atoms with E-state index in [4.69, 9.17) is 0 Å². The summed E-state index contributed by atoms with van der Waals surface area (Å²) >= 11 is 0. The van der Waals surface area contributed by atoms with Gasteiger partial charge in [0.25, 0.3) is 7.05 Å². The van der Waals surface area contributed by atoms with Crippen LogP contribution in [0.3, 0.4) is 0 Å². The maximum Gasteiger partial charge on any atom is 0.310 e. The molecule has 1 heteroatoms. The van der Waals surface area contributed by atoms with Crippen molar-refractivity contribution in [2.24, 2.45) is 0 Å². The Balaban J connectivity index is 1.84. The van der Waals surface area contributed by atoms with Gasteiger partial charge in [-0.3, -0.25) is 0 Å². The molecule has 4 rings (SSSR count). The summed E-state index contributed by atoms with van der Waals surface area (Å²) in [4.78, 5) is 4.06. The van der Waals surface area contributed by atoms with Gasteiger partial charge in [0.05, 0.1) is 0 Å². The molecule has 148 valence electrons. The largest absolute Gasteiger partial charge is 0.310 e. The average molecular weight is 391 g/mol. The lowest BCUT2D eigenvalue weighted by molar-refractivity contribution is 0.444. The first kappa shape index (κ1) is 20.0. The van der Waals surface area contributed by atoms with Crippen molar-refractivity contribution in [3.63, 3.8) is 0 Å². The lowest BCUT2D eigenvalue weighted by Gasteiger charge is -2.23. The molecular weight excluding hydrogens is 362 g/mol. The minimum atomic E-state index is 0.656. The molecule has 0 heterocycles. The first-order valence-corrected chi connectivity index (χ1v) is 10.9. The molecule has 3 aromatic rings. The number of hydrogen-bond acceptors (Lipinski definition) is 0. The third kappa shape index (κ3) is 4.64. The van der Waals surface area contributed by atoms with Crippen LogP contribution in [-0.4, -0.2) is 7.05 Å². The minimum Gasteiger partial charge on any atom is -0.101 e. The van der Waals surface area contributed by atoms with Gasteiger partial charge >= 0.3 is 6.07 Å². The molecule has 1 fully saturated rings. The Morgan fingerprint density at radius 3 is 2.00 bits per heavy atom. The lowest BCUT2D eigenvalue weighted by Crippen LogP contribution is -2.05. The molecule has 0 aliphatic heterocycles. The summed E-state index contributed by atoms with van der Waals surface area (Å²) in [6.07, 6.45) is 6.63. The molecule has 0 spiro atoms. The van der Waals surface area contributed by atoms with Crippen molar-refractivity contribution in [1.29, 1.82) is 0 Å². The molecule has 1 nitrogen and oxygen atoms in total. The molecule has 0 bridgehead atoms. The van der Waals surface area contributed by atoms with Gasteiger partial charge in [-0.15, -0.1) is 5.92 Å². The second-order valence-electron chi connectivity index (χ2n) is 8.05. The van der Waals surface area contributed by atoms with Gasteiger partial charge < -0.3 is 0 Å². The van der Waals surface area contributed by atoms with Gasteiger partial charge in [-0.1, -0.05) is 66.4 Å². The van der Waals surface area contributed by atoms with Gasteiger partial charge in [0.1, 0.15) is 5.56 Å². The minimum absolute atomic E-state index is 0.656. The molecule has 1 saturated carbocycles. The highest BCUT2D eigenvalue weighted by Gasteiger charge is 2.17. The van der Waals surface area contributed by atoms with E-state index in [-0.39, 0.29) is 0 Å². The number of hydrogen-bond donors (Lipinski definition) is 0. The Bertz CT molecular complexity index is 1080. The fraction of sp³-hybridized carbons (Fsp3) is 0.276. The highest BCUT2D eigenvalue weighted by Crippen LogP contribution is 2.37. The fourth-order valence-corrected chi connectivity index (χ4v) is 4.47. The lowest BCUT2D eigenvalue weighted by atomic mass is 9.82. The monoisotopic (exact) mass is 390 g/mol. The quantitative estimate of drug-likeness (QED) is 0.403. The molecule has 3 aromatic carbocycles. The van der Waals surface area contributed by atoms with Gasteiger partial charge in [0.15, 0.2) is 0 Å².